The van der Waals surface area contributed by atoms with E-state index in [1.165, 1.54) is 0 Å². The van der Waals surface area contributed by atoms with Crippen molar-refractivity contribution in [3.63, 3.8) is 0 Å². The fourth-order valence-electron chi connectivity index (χ4n) is 3.85. The zero-order chi connectivity index (χ0) is 23.7. The molecule has 7 heteroatoms. The summed E-state index contributed by atoms with van der Waals surface area (Å²) in [5.41, 5.74) is 5.23. The van der Waals surface area contributed by atoms with Crippen LogP contribution in [0.15, 0.2) is 79.0 Å². The maximum Gasteiger partial charge on any atom is 0.265 e. The van der Waals surface area contributed by atoms with Gasteiger partial charge in [-0.25, -0.2) is 0 Å². The summed E-state index contributed by atoms with van der Waals surface area (Å²) in [5, 5.41) is 10.5. The number of carbonyl (C=O) groups excluding carboxylic acids is 2. The molecule has 0 spiro atoms. The van der Waals surface area contributed by atoms with E-state index in [0.717, 1.165) is 16.7 Å². The third-order valence-corrected chi connectivity index (χ3v) is 5.69. The van der Waals surface area contributed by atoms with Gasteiger partial charge in [-0.15, -0.1) is 0 Å². The molecule has 2 heterocycles. The van der Waals surface area contributed by atoms with Gasteiger partial charge in [0.15, 0.2) is 6.10 Å². The molecular weight excluding hydrogens is 428 g/mol. The molecule has 2 amide bonds. The van der Waals surface area contributed by atoms with Crippen molar-refractivity contribution in [2.24, 2.45) is 0 Å². The van der Waals surface area contributed by atoms with E-state index < -0.39 is 6.10 Å². The van der Waals surface area contributed by atoms with Crippen molar-refractivity contribution in [1.29, 1.82) is 0 Å². The van der Waals surface area contributed by atoms with E-state index in [-0.39, 0.29) is 11.8 Å². The van der Waals surface area contributed by atoms with Crippen molar-refractivity contribution in [3.8, 4) is 17.0 Å². The Morgan fingerprint density at radius 2 is 1.85 bits per heavy atom. The predicted molar refractivity (Wildman–Crippen MR) is 131 cm³/mol. The van der Waals surface area contributed by atoms with Gasteiger partial charge in [0.05, 0.1) is 17.8 Å². The van der Waals surface area contributed by atoms with Crippen LogP contribution in [0.1, 0.15) is 28.4 Å². The Morgan fingerprint density at radius 3 is 2.62 bits per heavy atom. The first-order chi connectivity index (χ1) is 16.5. The summed E-state index contributed by atoms with van der Waals surface area (Å²) in [6, 6.07) is 23.1. The molecular formula is C27H24N4O3. The van der Waals surface area contributed by atoms with Gasteiger partial charge < -0.3 is 15.4 Å². The van der Waals surface area contributed by atoms with Gasteiger partial charge in [-0.3, -0.25) is 14.3 Å². The Kier molecular flexibility index (Phi) is 5.59. The second-order valence-corrected chi connectivity index (χ2v) is 8.35. The highest BCUT2D eigenvalue weighted by Gasteiger charge is 2.24. The molecule has 0 unspecified atom stereocenters. The number of hydrogen-bond donors (Lipinski definition) is 2. The minimum Gasteiger partial charge on any atom is -0.479 e. The highest BCUT2D eigenvalue weighted by Crippen LogP contribution is 2.32. The summed E-state index contributed by atoms with van der Waals surface area (Å²) >= 11 is 0. The topological polar surface area (TPSA) is 85.3 Å². The van der Waals surface area contributed by atoms with Crippen LogP contribution < -0.4 is 15.4 Å². The normalized spacial score (nSPS) is 14.6. The monoisotopic (exact) mass is 452 g/mol. The largest absolute Gasteiger partial charge is 0.479 e. The smallest absolute Gasteiger partial charge is 0.265 e. The molecule has 7 nitrogen and oxygen atoms in total. The molecule has 0 saturated heterocycles. The minimum absolute atomic E-state index is 0.222. The average Bonchev–Trinajstić information content (AvgIpc) is 3.25. The number of aryl methyl sites for hydroxylation is 1. The van der Waals surface area contributed by atoms with Crippen molar-refractivity contribution in [1.82, 2.24) is 9.78 Å². The number of anilines is 2. The van der Waals surface area contributed by atoms with Crippen molar-refractivity contribution in [2.45, 2.75) is 26.5 Å². The number of rotatable bonds is 5. The van der Waals surface area contributed by atoms with Crippen molar-refractivity contribution >= 4 is 23.2 Å². The van der Waals surface area contributed by atoms with E-state index in [1.54, 1.807) is 36.0 Å². The molecule has 170 valence electrons. The fraction of sp³-hybridized carbons (Fsp3) is 0.148. The Hall–Kier alpha value is -4.39. The molecule has 0 bridgehead atoms. The van der Waals surface area contributed by atoms with E-state index >= 15 is 0 Å². The summed E-state index contributed by atoms with van der Waals surface area (Å²) in [6.45, 7) is 4.26. The van der Waals surface area contributed by atoms with E-state index in [1.807, 2.05) is 61.5 Å². The number of benzene rings is 3. The van der Waals surface area contributed by atoms with Gasteiger partial charge >= 0.3 is 0 Å². The number of nitrogens with zero attached hydrogens (tertiary/aromatic N) is 2. The zero-order valence-electron chi connectivity index (χ0n) is 18.9. The van der Waals surface area contributed by atoms with Gasteiger partial charge in [0, 0.05) is 17.4 Å². The summed E-state index contributed by atoms with van der Waals surface area (Å²) in [5.74, 6) is 0.0622. The summed E-state index contributed by atoms with van der Waals surface area (Å²) in [4.78, 5) is 25.3. The highest BCUT2D eigenvalue weighted by atomic mass is 16.5. The average molecular weight is 453 g/mol. The number of carbonyl (C=O) groups is 2. The standard InChI is InChI=1S/C27H24N4O3/c1-17-8-10-20(11-9-17)25-22(16-31(30-25)15-19-6-4-3-5-7-19)27(33)28-21-12-13-24-23(14-21)29-26(32)18(2)34-24/h3-14,16,18H,15H2,1-2H3,(H,28,33)(H,29,32)/t18-/m0/s1. The maximum atomic E-state index is 13.3. The SMILES string of the molecule is Cc1ccc(-c2nn(Cc3ccccc3)cc2C(=O)Nc2ccc3c(c2)NC(=O)[C@H](C)O3)cc1. The highest BCUT2D eigenvalue weighted by molar-refractivity contribution is 6.08. The van der Waals surface area contributed by atoms with Crippen molar-refractivity contribution in [2.75, 3.05) is 10.6 Å². The molecule has 34 heavy (non-hydrogen) atoms. The third-order valence-electron chi connectivity index (χ3n) is 5.69. The summed E-state index contributed by atoms with van der Waals surface area (Å²) < 4.78 is 7.38. The molecule has 1 atom stereocenters. The molecule has 0 radical (unpaired) electrons. The van der Waals surface area contributed by atoms with Crippen LogP contribution in [-0.4, -0.2) is 27.7 Å². The lowest BCUT2D eigenvalue weighted by atomic mass is 10.1. The molecule has 2 N–H and O–H groups in total. The molecule has 1 aromatic heterocycles. The number of aromatic nitrogens is 2. The van der Waals surface area contributed by atoms with Gasteiger partial charge in [-0.2, -0.15) is 5.10 Å². The molecule has 4 aromatic rings. The minimum atomic E-state index is -0.555. The Balaban J connectivity index is 1.45. The quantitative estimate of drug-likeness (QED) is 0.452. The third kappa shape index (κ3) is 4.41. The molecule has 3 aromatic carbocycles. The lowest BCUT2D eigenvalue weighted by Gasteiger charge is -2.23. The maximum absolute atomic E-state index is 13.3. The predicted octanol–water partition coefficient (Wildman–Crippen LogP) is 4.88. The van der Waals surface area contributed by atoms with E-state index in [0.29, 0.717) is 34.9 Å². The van der Waals surface area contributed by atoms with Crippen LogP contribution in [0.25, 0.3) is 11.3 Å². The first-order valence-corrected chi connectivity index (χ1v) is 11.1. The van der Waals surface area contributed by atoms with Crippen molar-refractivity contribution in [3.05, 3.63) is 95.7 Å². The van der Waals surface area contributed by atoms with Crippen LogP contribution in [0.4, 0.5) is 11.4 Å². The first kappa shape index (κ1) is 21.5. The molecule has 5 rings (SSSR count). The van der Waals surface area contributed by atoms with E-state index in [4.69, 9.17) is 9.84 Å². The van der Waals surface area contributed by atoms with Gasteiger partial charge in [0.1, 0.15) is 11.4 Å². The van der Waals surface area contributed by atoms with E-state index in [2.05, 4.69) is 10.6 Å². The Morgan fingerprint density at radius 1 is 1.09 bits per heavy atom. The molecule has 1 aliphatic heterocycles. The van der Waals surface area contributed by atoms with Crippen LogP contribution in [0.2, 0.25) is 0 Å². The number of ether oxygens (including phenoxy) is 1. The Labute approximate surface area is 197 Å². The lowest BCUT2D eigenvalue weighted by Crippen LogP contribution is -2.34. The first-order valence-electron chi connectivity index (χ1n) is 11.1. The lowest BCUT2D eigenvalue weighted by molar-refractivity contribution is -0.122. The van der Waals surface area contributed by atoms with Crippen LogP contribution in [0.5, 0.6) is 5.75 Å². The molecule has 0 aliphatic carbocycles. The summed E-state index contributed by atoms with van der Waals surface area (Å²) in [6.07, 6.45) is 1.21. The second-order valence-electron chi connectivity index (χ2n) is 8.35. The van der Waals surface area contributed by atoms with Gasteiger partial charge in [0.2, 0.25) is 0 Å². The fourth-order valence-corrected chi connectivity index (χ4v) is 3.85. The van der Waals surface area contributed by atoms with Gasteiger partial charge in [-0.1, -0.05) is 60.2 Å². The number of hydrogen-bond acceptors (Lipinski definition) is 4. The van der Waals surface area contributed by atoms with Gasteiger partial charge in [-0.05, 0) is 37.6 Å². The number of amides is 2. The zero-order valence-corrected chi connectivity index (χ0v) is 18.9. The Bertz CT molecular complexity index is 1360. The molecule has 0 saturated carbocycles. The molecule has 1 aliphatic rings. The van der Waals surface area contributed by atoms with Crippen molar-refractivity contribution < 1.29 is 14.3 Å². The number of fused-ring (bicyclic) bond motifs is 1. The van der Waals surface area contributed by atoms with E-state index in [9.17, 15) is 9.59 Å². The van der Waals surface area contributed by atoms with Crippen LogP contribution in [0.3, 0.4) is 0 Å². The second kappa shape index (κ2) is 8.86. The van der Waals surface area contributed by atoms with Gasteiger partial charge in [0.25, 0.3) is 11.8 Å². The summed E-state index contributed by atoms with van der Waals surface area (Å²) in [7, 11) is 0. The number of nitrogens with one attached hydrogen (secondary N) is 2. The molecule has 0 fully saturated rings. The van der Waals surface area contributed by atoms with Crippen LogP contribution in [0, 0.1) is 6.92 Å². The van der Waals surface area contributed by atoms with Crippen LogP contribution in [-0.2, 0) is 11.3 Å². The van der Waals surface area contributed by atoms with Crippen LogP contribution >= 0.6 is 0 Å².